The van der Waals surface area contributed by atoms with Crippen molar-refractivity contribution < 1.29 is 0 Å². The van der Waals surface area contributed by atoms with Gasteiger partial charge in [0.25, 0.3) is 0 Å². The van der Waals surface area contributed by atoms with Gasteiger partial charge in [0.1, 0.15) is 18.5 Å². The van der Waals surface area contributed by atoms with Crippen molar-refractivity contribution in [2.24, 2.45) is 5.73 Å². The molecule has 1 heterocycles. The van der Waals surface area contributed by atoms with Crippen LogP contribution in [-0.2, 0) is 0 Å². The SMILES string of the molecule is N=C(N)c1c(Br)cccc1-n1cncn1. The van der Waals surface area contributed by atoms with Crippen molar-refractivity contribution >= 4 is 21.8 Å². The molecule has 0 bridgehead atoms. The zero-order chi connectivity index (χ0) is 10.8. The van der Waals surface area contributed by atoms with E-state index in [9.17, 15) is 0 Å². The molecule has 76 valence electrons. The summed E-state index contributed by atoms with van der Waals surface area (Å²) in [5.41, 5.74) is 6.86. The zero-order valence-electron chi connectivity index (χ0n) is 7.68. The van der Waals surface area contributed by atoms with E-state index in [0.29, 0.717) is 5.56 Å². The molecule has 5 nitrogen and oxygen atoms in total. The van der Waals surface area contributed by atoms with E-state index in [1.54, 1.807) is 11.0 Å². The Morgan fingerprint density at radius 2 is 2.27 bits per heavy atom. The Balaban J connectivity index is 2.66. The van der Waals surface area contributed by atoms with Gasteiger partial charge >= 0.3 is 0 Å². The summed E-state index contributed by atoms with van der Waals surface area (Å²) in [6.07, 6.45) is 3.00. The Morgan fingerprint density at radius 3 is 2.87 bits per heavy atom. The monoisotopic (exact) mass is 265 g/mol. The van der Waals surface area contributed by atoms with Gasteiger partial charge in [0.05, 0.1) is 11.3 Å². The highest BCUT2D eigenvalue weighted by molar-refractivity contribution is 9.10. The van der Waals surface area contributed by atoms with E-state index >= 15 is 0 Å². The smallest absolute Gasteiger partial charge is 0.138 e. The highest BCUT2D eigenvalue weighted by Crippen LogP contribution is 2.22. The number of benzene rings is 1. The molecule has 0 radical (unpaired) electrons. The van der Waals surface area contributed by atoms with Gasteiger partial charge in [-0.2, -0.15) is 5.10 Å². The van der Waals surface area contributed by atoms with Crippen molar-refractivity contribution in [1.82, 2.24) is 14.8 Å². The summed E-state index contributed by atoms with van der Waals surface area (Å²) in [6, 6.07) is 5.51. The summed E-state index contributed by atoms with van der Waals surface area (Å²) < 4.78 is 2.34. The number of aromatic nitrogens is 3. The van der Waals surface area contributed by atoms with E-state index in [2.05, 4.69) is 26.0 Å². The molecule has 0 saturated carbocycles. The molecule has 0 fully saturated rings. The number of amidine groups is 1. The molecule has 0 atom stereocenters. The van der Waals surface area contributed by atoms with Crippen LogP contribution in [0.1, 0.15) is 5.56 Å². The maximum atomic E-state index is 7.51. The molecule has 0 aliphatic carbocycles. The highest BCUT2D eigenvalue weighted by atomic mass is 79.9. The molecule has 0 saturated heterocycles. The van der Waals surface area contributed by atoms with Crippen molar-refractivity contribution in [1.29, 1.82) is 5.41 Å². The number of nitrogens with one attached hydrogen (secondary N) is 1. The number of hydrogen-bond acceptors (Lipinski definition) is 3. The predicted molar refractivity (Wildman–Crippen MR) is 60.1 cm³/mol. The van der Waals surface area contributed by atoms with Crippen LogP contribution in [0, 0.1) is 5.41 Å². The van der Waals surface area contributed by atoms with Crippen molar-refractivity contribution in [3.05, 3.63) is 40.9 Å². The molecular weight excluding hydrogens is 258 g/mol. The second kappa shape index (κ2) is 3.82. The average Bonchev–Trinajstić information content (AvgIpc) is 2.69. The predicted octanol–water partition coefficient (Wildman–Crippen LogP) is 1.31. The number of nitrogen functional groups attached to an aromatic ring is 1. The lowest BCUT2D eigenvalue weighted by atomic mass is 10.1. The molecule has 15 heavy (non-hydrogen) atoms. The minimum atomic E-state index is -0.00650. The van der Waals surface area contributed by atoms with Crippen LogP contribution in [0.5, 0.6) is 0 Å². The standard InChI is InChI=1S/C9H8BrN5/c10-6-2-1-3-7(8(6)9(11)12)15-5-13-4-14-15/h1-5H,(H3,11,12). The van der Waals surface area contributed by atoms with E-state index in [1.165, 1.54) is 6.33 Å². The van der Waals surface area contributed by atoms with Crippen LogP contribution >= 0.6 is 15.9 Å². The summed E-state index contributed by atoms with van der Waals surface area (Å²) in [5, 5.41) is 11.5. The maximum absolute atomic E-state index is 7.51. The first-order chi connectivity index (χ1) is 7.20. The van der Waals surface area contributed by atoms with Gasteiger partial charge in [0, 0.05) is 4.47 Å². The molecule has 0 aliphatic rings. The van der Waals surface area contributed by atoms with E-state index in [4.69, 9.17) is 11.1 Å². The van der Waals surface area contributed by atoms with Gasteiger partial charge in [0.2, 0.25) is 0 Å². The molecule has 0 aliphatic heterocycles. The van der Waals surface area contributed by atoms with Gasteiger partial charge < -0.3 is 5.73 Å². The Hall–Kier alpha value is -1.69. The molecule has 3 N–H and O–H groups in total. The number of rotatable bonds is 2. The minimum Gasteiger partial charge on any atom is -0.384 e. The molecule has 1 aromatic carbocycles. The first-order valence-electron chi connectivity index (χ1n) is 4.18. The normalized spacial score (nSPS) is 10.2. The summed E-state index contributed by atoms with van der Waals surface area (Å²) in [7, 11) is 0. The lowest BCUT2D eigenvalue weighted by Crippen LogP contribution is -2.15. The lowest BCUT2D eigenvalue weighted by molar-refractivity contribution is 0.875. The summed E-state index contributed by atoms with van der Waals surface area (Å²) in [6.45, 7) is 0. The molecule has 2 aromatic rings. The number of hydrogen-bond donors (Lipinski definition) is 2. The number of halogens is 1. The van der Waals surface area contributed by atoms with Crippen LogP contribution in [0.2, 0.25) is 0 Å². The Bertz CT molecular complexity index is 491. The van der Waals surface area contributed by atoms with Gasteiger partial charge in [-0.3, -0.25) is 5.41 Å². The van der Waals surface area contributed by atoms with E-state index in [0.717, 1.165) is 10.2 Å². The quantitative estimate of drug-likeness (QED) is 0.635. The first kappa shape index (κ1) is 9.85. The fourth-order valence-corrected chi connectivity index (χ4v) is 1.87. The summed E-state index contributed by atoms with van der Waals surface area (Å²) >= 11 is 3.35. The zero-order valence-corrected chi connectivity index (χ0v) is 9.27. The van der Waals surface area contributed by atoms with E-state index in [-0.39, 0.29) is 5.84 Å². The first-order valence-corrected chi connectivity index (χ1v) is 4.97. The topological polar surface area (TPSA) is 80.6 Å². The van der Waals surface area contributed by atoms with Crippen LogP contribution in [0.4, 0.5) is 0 Å². The van der Waals surface area contributed by atoms with Crippen LogP contribution in [-0.4, -0.2) is 20.6 Å². The van der Waals surface area contributed by atoms with E-state index in [1.807, 2.05) is 18.2 Å². The van der Waals surface area contributed by atoms with E-state index < -0.39 is 0 Å². The number of nitrogens with two attached hydrogens (primary N) is 1. The average molecular weight is 266 g/mol. The third-order valence-electron chi connectivity index (χ3n) is 1.93. The summed E-state index contributed by atoms with van der Waals surface area (Å²) in [5.74, 6) is -0.00650. The van der Waals surface area contributed by atoms with Crippen molar-refractivity contribution in [3.63, 3.8) is 0 Å². The molecular formula is C9H8BrN5. The summed E-state index contributed by atoms with van der Waals surface area (Å²) in [4.78, 5) is 3.85. The van der Waals surface area contributed by atoms with Crippen LogP contribution < -0.4 is 5.73 Å². The van der Waals surface area contributed by atoms with Crippen molar-refractivity contribution in [2.75, 3.05) is 0 Å². The fourth-order valence-electron chi connectivity index (χ4n) is 1.30. The van der Waals surface area contributed by atoms with Gasteiger partial charge in [-0.25, -0.2) is 9.67 Å². The van der Waals surface area contributed by atoms with Crippen LogP contribution in [0.3, 0.4) is 0 Å². The maximum Gasteiger partial charge on any atom is 0.138 e. The van der Waals surface area contributed by atoms with Gasteiger partial charge in [-0.05, 0) is 28.1 Å². The fraction of sp³-hybridized carbons (Fsp3) is 0. The third-order valence-corrected chi connectivity index (χ3v) is 2.59. The molecule has 0 unspecified atom stereocenters. The van der Waals surface area contributed by atoms with Crippen LogP contribution in [0.25, 0.3) is 5.69 Å². The van der Waals surface area contributed by atoms with Crippen molar-refractivity contribution in [2.45, 2.75) is 0 Å². The largest absolute Gasteiger partial charge is 0.384 e. The van der Waals surface area contributed by atoms with Gasteiger partial charge in [-0.15, -0.1) is 0 Å². The molecule has 6 heteroatoms. The van der Waals surface area contributed by atoms with Gasteiger partial charge in [0.15, 0.2) is 0 Å². The molecule has 0 spiro atoms. The number of nitrogens with zero attached hydrogens (tertiary/aromatic N) is 3. The molecule has 0 amide bonds. The minimum absolute atomic E-state index is 0.00650. The Morgan fingerprint density at radius 1 is 1.47 bits per heavy atom. The lowest BCUT2D eigenvalue weighted by Gasteiger charge is -2.09. The Labute approximate surface area is 94.6 Å². The second-order valence-electron chi connectivity index (χ2n) is 2.89. The van der Waals surface area contributed by atoms with Gasteiger partial charge in [-0.1, -0.05) is 6.07 Å². The second-order valence-corrected chi connectivity index (χ2v) is 3.74. The molecule has 2 rings (SSSR count). The highest BCUT2D eigenvalue weighted by Gasteiger charge is 2.11. The third kappa shape index (κ3) is 1.75. The van der Waals surface area contributed by atoms with Crippen molar-refractivity contribution in [3.8, 4) is 5.69 Å². The van der Waals surface area contributed by atoms with Crippen LogP contribution in [0.15, 0.2) is 35.3 Å². The Kier molecular flexibility index (Phi) is 2.51. The molecule has 1 aromatic heterocycles.